The maximum Gasteiger partial charge on any atom is 0.119 e. The van der Waals surface area contributed by atoms with E-state index in [0.29, 0.717) is 10.7 Å². The van der Waals surface area contributed by atoms with Crippen LogP contribution in [0.25, 0.3) is 0 Å². The van der Waals surface area contributed by atoms with Crippen LogP contribution in [0.2, 0.25) is 5.02 Å². The number of hydrogen-bond acceptors (Lipinski definition) is 1. The average molecular weight is 262 g/mol. The van der Waals surface area contributed by atoms with E-state index < -0.39 is 0 Å². The van der Waals surface area contributed by atoms with Gasteiger partial charge < -0.3 is 4.74 Å². The molecule has 0 aromatic heterocycles. The van der Waals surface area contributed by atoms with E-state index in [2.05, 4.69) is 15.9 Å². The minimum absolute atomic E-state index is 0.666. The number of rotatable bonds is 3. The predicted octanol–water partition coefficient (Wildman–Crippen LogP) is 3.50. The number of alkyl halides is 1. The Labute approximate surface area is 91.2 Å². The summed E-state index contributed by atoms with van der Waals surface area (Å²) in [6.07, 6.45) is 1.23. The van der Waals surface area contributed by atoms with Crippen molar-refractivity contribution < 1.29 is 4.74 Å². The van der Waals surface area contributed by atoms with Crippen LogP contribution in [0, 0.1) is 5.92 Å². The minimum atomic E-state index is 0.666. The molecule has 1 fully saturated rings. The second kappa shape index (κ2) is 3.89. The molecule has 2 unspecified atom stereocenters. The second-order valence-corrected chi connectivity index (χ2v) is 4.89. The molecule has 1 aromatic rings. The van der Waals surface area contributed by atoms with E-state index >= 15 is 0 Å². The fourth-order valence-corrected chi connectivity index (χ4v) is 1.88. The van der Waals surface area contributed by atoms with Gasteiger partial charge in [-0.05, 0) is 30.7 Å². The normalized spacial score (nSPS) is 25.7. The van der Waals surface area contributed by atoms with Crippen LogP contribution in [0.15, 0.2) is 24.3 Å². The fourth-order valence-electron chi connectivity index (χ4n) is 1.12. The van der Waals surface area contributed by atoms with Crippen molar-refractivity contribution >= 4 is 27.5 Å². The van der Waals surface area contributed by atoms with Gasteiger partial charge in [-0.3, -0.25) is 0 Å². The topological polar surface area (TPSA) is 9.23 Å². The highest BCUT2D eigenvalue weighted by atomic mass is 79.9. The second-order valence-electron chi connectivity index (χ2n) is 3.28. The zero-order valence-corrected chi connectivity index (χ0v) is 9.38. The van der Waals surface area contributed by atoms with Crippen LogP contribution in [0.1, 0.15) is 6.42 Å². The van der Waals surface area contributed by atoms with Gasteiger partial charge in [0, 0.05) is 15.8 Å². The molecule has 13 heavy (non-hydrogen) atoms. The zero-order valence-electron chi connectivity index (χ0n) is 7.04. The predicted molar refractivity (Wildman–Crippen MR) is 57.8 cm³/mol. The Bertz CT molecular complexity index is 285. The van der Waals surface area contributed by atoms with E-state index in [4.69, 9.17) is 16.3 Å². The Hall–Kier alpha value is -0.210. The van der Waals surface area contributed by atoms with E-state index in [1.165, 1.54) is 6.42 Å². The van der Waals surface area contributed by atoms with Gasteiger partial charge in [-0.15, -0.1) is 0 Å². The van der Waals surface area contributed by atoms with Gasteiger partial charge in [-0.25, -0.2) is 0 Å². The molecule has 2 atom stereocenters. The van der Waals surface area contributed by atoms with Gasteiger partial charge in [0.05, 0.1) is 6.61 Å². The third kappa shape index (κ3) is 2.61. The molecule has 0 spiro atoms. The number of benzene rings is 1. The summed E-state index contributed by atoms with van der Waals surface area (Å²) in [6, 6.07) is 7.48. The summed E-state index contributed by atoms with van der Waals surface area (Å²) in [6.45, 7) is 0.803. The van der Waals surface area contributed by atoms with E-state index in [-0.39, 0.29) is 0 Å². The number of hydrogen-bond donors (Lipinski definition) is 0. The van der Waals surface area contributed by atoms with Crippen molar-refractivity contribution in [1.29, 1.82) is 0 Å². The summed E-state index contributed by atoms with van der Waals surface area (Å²) in [5, 5.41) is 0.747. The zero-order chi connectivity index (χ0) is 9.26. The molecule has 0 N–H and O–H groups in total. The van der Waals surface area contributed by atoms with Gasteiger partial charge in [0.2, 0.25) is 0 Å². The first-order valence-corrected chi connectivity index (χ1v) is 5.57. The van der Waals surface area contributed by atoms with Gasteiger partial charge in [-0.2, -0.15) is 0 Å². The van der Waals surface area contributed by atoms with Crippen LogP contribution in [0.5, 0.6) is 5.75 Å². The van der Waals surface area contributed by atoms with Crippen LogP contribution in [-0.4, -0.2) is 11.4 Å². The Balaban J connectivity index is 1.84. The lowest BCUT2D eigenvalue weighted by Gasteiger charge is -2.04. The summed E-state index contributed by atoms with van der Waals surface area (Å²) in [5.74, 6) is 1.59. The summed E-state index contributed by atoms with van der Waals surface area (Å²) < 4.78 is 5.57. The van der Waals surface area contributed by atoms with Crippen molar-refractivity contribution in [3.05, 3.63) is 29.3 Å². The summed E-state index contributed by atoms with van der Waals surface area (Å²) >= 11 is 9.28. The van der Waals surface area contributed by atoms with Crippen molar-refractivity contribution in [2.75, 3.05) is 6.61 Å². The van der Waals surface area contributed by atoms with Gasteiger partial charge in [-0.1, -0.05) is 27.5 Å². The van der Waals surface area contributed by atoms with Crippen molar-refractivity contribution in [1.82, 2.24) is 0 Å². The molecular weight excluding hydrogens is 251 g/mol. The van der Waals surface area contributed by atoms with Gasteiger partial charge in [0.15, 0.2) is 0 Å². The Morgan fingerprint density at radius 1 is 1.38 bits per heavy atom. The molecule has 1 saturated carbocycles. The maximum atomic E-state index is 5.75. The molecule has 1 nitrogen and oxygen atoms in total. The lowest BCUT2D eigenvalue weighted by Crippen LogP contribution is -2.00. The monoisotopic (exact) mass is 260 g/mol. The van der Waals surface area contributed by atoms with Gasteiger partial charge in [0.1, 0.15) is 5.75 Å². The summed E-state index contributed by atoms with van der Waals surface area (Å²) in [7, 11) is 0. The van der Waals surface area contributed by atoms with Crippen LogP contribution in [0.3, 0.4) is 0 Å². The van der Waals surface area contributed by atoms with Crippen molar-refractivity contribution in [3.8, 4) is 5.75 Å². The van der Waals surface area contributed by atoms with Crippen LogP contribution in [0.4, 0.5) is 0 Å². The smallest absolute Gasteiger partial charge is 0.119 e. The molecule has 0 saturated heterocycles. The molecule has 2 rings (SSSR count). The highest BCUT2D eigenvalue weighted by Crippen LogP contribution is 2.37. The lowest BCUT2D eigenvalue weighted by molar-refractivity contribution is 0.300. The molecule has 1 aliphatic carbocycles. The van der Waals surface area contributed by atoms with Crippen LogP contribution >= 0.6 is 27.5 Å². The number of halogens is 2. The maximum absolute atomic E-state index is 5.75. The molecule has 1 aliphatic rings. The fraction of sp³-hybridized carbons (Fsp3) is 0.400. The minimum Gasteiger partial charge on any atom is -0.493 e. The molecule has 0 radical (unpaired) electrons. The van der Waals surface area contributed by atoms with Crippen molar-refractivity contribution in [2.45, 2.75) is 11.2 Å². The van der Waals surface area contributed by atoms with Gasteiger partial charge in [0.25, 0.3) is 0 Å². The number of ether oxygens (including phenoxy) is 1. The van der Waals surface area contributed by atoms with Crippen molar-refractivity contribution in [3.63, 3.8) is 0 Å². The Morgan fingerprint density at radius 3 is 2.54 bits per heavy atom. The van der Waals surface area contributed by atoms with E-state index in [9.17, 15) is 0 Å². The molecular formula is C10H10BrClO. The molecule has 0 amide bonds. The third-order valence-electron chi connectivity index (χ3n) is 2.11. The average Bonchev–Trinajstić information content (AvgIpc) is 2.81. The van der Waals surface area contributed by atoms with E-state index in [1.54, 1.807) is 0 Å². The lowest BCUT2D eigenvalue weighted by atomic mass is 10.3. The third-order valence-corrected chi connectivity index (χ3v) is 3.49. The molecule has 0 aliphatic heterocycles. The summed E-state index contributed by atoms with van der Waals surface area (Å²) in [5.41, 5.74) is 0. The Morgan fingerprint density at radius 2 is 2.00 bits per heavy atom. The van der Waals surface area contributed by atoms with E-state index in [1.807, 2.05) is 24.3 Å². The molecule has 1 aromatic carbocycles. The quantitative estimate of drug-likeness (QED) is 0.757. The first kappa shape index (κ1) is 9.35. The largest absolute Gasteiger partial charge is 0.493 e. The first-order chi connectivity index (χ1) is 6.25. The SMILES string of the molecule is Clc1ccc(OCC2CC2Br)cc1. The molecule has 0 bridgehead atoms. The Kier molecular flexibility index (Phi) is 2.80. The van der Waals surface area contributed by atoms with Crippen LogP contribution in [-0.2, 0) is 0 Å². The van der Waals surface area contributed by atoms with E-state index in [0.717, 1.165) is 17.4 Å². The van der Waals surface area contributed by atoms with Crippen molar-refractivity contribution in [2.24, 2.45) is 5.92 Å². The summed E-state index contributed by atoms with van der Waals surface area (Å²) in [4.78, 5) is 0.666. The first-order valence-electron chi connectivity index (χ1n) is 4.28. The standard InChI is InChI=1S/C10H10BrClO/c11-10-5-7(10)6-13-9-3-1-8(12)2-4-9/h1-4,7,10H,5-6H2. The molecule has 3 heteroatoms. The molecule has 70 valence electrons. The molecule has 0 heterocycles. The van der Waals surface area contributed by atoms with Crippen LogP contribution < -0.4 is 4.74 Å². The van der Waals surface area contributed by atoms with Gasteiger partial charge >= 0.3 is 0 Å². The highest BCUT2D eigenvalue weighted by molar-refractivity contribution is 9.09. The highest BCUT2D eigenvalue weighted by Gasteiger charge is 2.34.